The Morgan fingerprint density at radius 3 is 2.55 bits per heavy atom. The lowest BCUT2D eigenvalue weighted by Gasteiger charge is -2.22. The van der Waals surface area contributed by atoms with E-state index in [1.54, 1.807) is 12.1 Å². The molecular formula is C30H27ClF3N7O2S. The van der Waals surface area contributed by atoms with E-state index in [4.69, 9.17) is 11.6 Å². The van der Waals surface area contributed by atoms with Crippen LogP contribution in [0.3, 0.4) is 0 Å². The van der Waals surface area contributed by atoms with E-state index >= 15 is 0 Å². The van der Waals surface area contributed by atoms with Gasteiger partial charge in [0, 0.05) is 18.3 Å². The van der Waals surface area contributed by atoms with Crippen molar-refractivity contribution in [1.82, 2.24) is 19.7 Å². The summed E-state index contributed by atoms with van der Waals surface area (Å²) >= 11 is 7.23. The predicted molar refractivity (Wildman–Crippen MR) is 165 cm³/mol. The first-order chi connectivity index (χ1) is 20.9. The van der Waals surface area contributed by atoms with Gasteiger partial charge in [-0.05, 0) is 60.2 Å². The van der Waals surface area contributed by atoms with E-state index in [9.17, 15) is 22.8 Å². The van der Waals surface area contributed by atoms with E-state index in [0.29, 0.717) is 35.7 Å². The number of aryl methyl sites for hydroxylation is 3. The fraction of sp³-hybridized carbons (Fsp3) is 0.267. The first kappa shape index (κ1) is 31.2. The number of pyridine rings is 1. The molecule has 2 aromatic carbocycles. The van der Waals surface area contributed by atoms with Crippen LogP contribution in [0.4, 0.5) is 29.3 Å². The molecule has 1 aliphatic rings. The molecule has 9 nitrogen and oxygen atoms in total. The molecule has 4 aromatic rings. The number of carbonyl (C=O) groups is 2. The number of nitrogens with zero attached hydrogens (tertiary/aromatic N) is 6. The van der Waals surface area contributed by atoms with Crippen LogP contribution in [0, 0.1) is 6.92 Å². The maximum absolute atomic E-state index is 12.9. The lowest BCUT2D eigenvalue weighted by molar-refractivity contribution is -0.137. The summed E-state index contributed by atoms with van der Waals surface area (Å²) in [5.74, 6) is 0.756. The number of nitrogens with one attached hydrogen (secondary N) is 1. The number of alkyl halides is 3. The summed E-state index contributed by atoms with van der Waals surface area (Å²) in [5.41, 5.74) is 3.27. The number of carbonyl (C=O) groups excluding carboxylic acids is 2. The van der Waals surface area contributed by atoms with Crippen LogP contribution < -0.4 is 10.2 Å². The van der Waals surface area contributed by atoms with E-state index in [1.165, 1.54) is 27.7 Å². The van der Waals surface area contributed by atoms with Gasteiger partial charge in [-0.2, -0.15) is 18.2 Å². The molecule has 0 radical (unpaired) electrons. The first-order valence-corrected chi connectivity index (χ1v) is 14.9. The fourth-order valence-corrected chi connectivity index (χ4v) is 5.65. The SMILES string of the molecule is Cc1ccc(C(C)C)c(N2C(=O)CSC2=NC(=O)Nc2ccc(CCc3ncn(-c4ncc(C(F)(F)F)cc4Cl)n3)cc2)c1. The molecule has 0 saturated carbocycles. The van der Waals surface area contributed by atoms with Crippen molar-refractivity contribution in [2.45, 2.75) is 45.7 Å². The molecular weight excluding hydrogens is 615 g/mol. The molecule has 1 fully saturated rings. The van der Waals surface area contributed by atoms with Gasteiger partial charge in [0.1, 0.15) is 6.33 Å². The molecule has 0 unspecified atom stereocenters. The number of thioether (sulfide) groups is 1. The summed E-state index contributed by atoms with van der Waals surface area (Å²) in [6.45, 7) is 6.05. The summed E-state index contributed by atoms with van der Waals surface area (Å²) in [4.78, 5) is 39.3. The number of hydrogen-bond acceptors (Lipinski definition) is 6. The van der Waals surface area contributed by atoms with E-state index in [0.717, 1.165) is 28.4 Å². The minimum atomic E-state index is -4.55. The molecule has 228 valence electrons. The average Bonchev–Trinajstić information content (AvgIpc) is 3.58. The number of anilines is 2. The van der Waals surface area contributed by atoms with E-state index in [1.807, 2.05) is 37.3 Å². The van der Waals surface area contributed by atoms with Crippen molar-refractivity contribution in [2.24, 2.45) is 4.99 Å². The van der Waals surface area contributed by atoms with Crippen LogP contribution in [0.2, 0.25) is 5.02 Å². The Labute approximate surface area is 260 Å². The number of aromatic nitrogens is 4. The third kappa shape index (κ3) is 7.11. The van der Waals surface area contributed by atoms with Gasteiger partial charge < -0.3 is 5.32 Å². The Kier molecular flexibility index (Phi) is 9.07. The number of amidine groups is 1. The lowest BCUT2D eigenvalue weighted by Crippen LogP contribution is -2.31. The highest BCUT2D eigenvalue weighted by Crippen LogP contribution is 2.34. The standard InChI is InChI=1S/C30H27ClF3N7O2S/c1-17(2)22-10-4-18(3)12-24(22)41-26(42)15-44-29(41)38-28(43)37-21-8-5-19(6-9-21)7-11-25-36-16-40(39-25)27-23(31)13-20(14-35-27)30(32,33)34/h4-6,8-10,12-14,16-17H,7,11,15H2,1-3H3,(H,37,43). The van der Waals surface area contributed by atoms with Crippen LogP contribution in [0.5, 0.6) is 0 Å². The molecule has 1 saturated heterocycles. The topological polar surface area (TPSA) is 105 Å². The van der Waals surface area contributed by atoms with Crippen molar-refractivity contribution in [3.63, 3.8) is 0 Å². The second-order valence-electron chi connectivity index (χ2n) is 10.4. The second kappa shape index (κ2) is 12.8. The van der Waals surface area contributed by atoms with Gasteiger partial charge in [0.15, 0.2) is 16.8 Å². The van der Waals surface area contributed by atoms with E-state index in [2.05, 4.69) is 39.2 Å². The zero-order chi connectivity index (χ0) is 31.6. The molecule has 3 amide bonds. The highest BCUT2D eigenvalue weighted by molar-refractivity contribution is 8.15. The largest absolute Gasteiger partial charge is 0.417 e. The van der Waals surface area contributed by atoms with Crippen molar-refractivity contribution in [2.75, 3.05) is 16.0 Å². The molecule has 14 heteroatoms. The minimum absolute atomic E-state index is 0.0461. The zero-order valence-corrected chi connectivity index (χ0v) is 25.5. The molecule has 0 bridgehead atoms. The van der Waals surface area contributed by atoms with Crippen molar-refractivity contribution in [3.8, 4) is 5.82 Å². The Morgan fingerprint density at radius 1 is 1.11 bits per heavy atom. The lowest BCUT2D eigenvalue weighted by atomic mass is 9.99. The van der Waals surface area contributed by atoms with Gasteiger partial charge in [0.2, 0.25) is 5.91 Å². The number of benzene rings is 2. The normalized spacial score (nSPS) is 14.6. The number of halogens is 4. The fourth-order valence-electron chi connectivity index (χ4n) is 4.53. The predicted octanol–water partition coefficient (Wildman–Crippen LogP) is 7.22. The molecule has 1 aliphatic heterocycles. The summed E-state index contributed by atoms with van der Waals surface area (Å²) in [6, 6.07) is 13.3. The maximum Gasteiger partial charge on any atom is 0.417 e. The van der Waals surface area contributed by atoms with Gasteiger partial charge in [-0.3, -0.25) is 9.69 Å². The summed E-state index contributed by atoms with van der Waals surface area (Å²) in [7, 11) is 0. The third-order valence-electron chi connectivity index (χ3n) is 6.76. The van der Waals surface area contributed by atoms with E-state index < -0.39 is 17.8 Å². The Morgan fingerprint density at radius 2 is 1.86 bits per heavy atom. The van der Waals surface area contributed by atoms with Gasteiger partial charge in [-0.15, -0.1) is 5.10 Å². The Bertz CT molecular complexity index is 1740. The van der Waals surface area contributed by atoms with Gasteiger partial charge >= 0.3 is 12.2 Å². The van der Waals surface area contributed by atoms with E-state index in [-0.39, 0.29) is 28.4 Å². The van der Waals surface area contributed by atoms with Gasteiger partial charge in [-0.25, -0.2) is 19.4 Å². The van der Waals surface area contributed by atoms with Crippen LogP contribution in [0.15, 0.2) is 66.0 Å². The molecule has 3 heterocycles. The smallest absolute Gasteiger partial charge is 0.306 e. The first-order valence-electron chi connectivity index (χ1n) is 13.6. The van der Waals surface area contributed by atoms with Crippen LogP contribution in [0.25, 0.3) is 5.82 Å². The quantitative estimate of drug-likeness (QED) is 0.228. The maximum atomic E-state index is 12.9. The number of urea groups is 1. The number of aliphatic imine (C=N–C) groups is 1. The zero-order valence-electron chi connectivity index (χ0n) is 23.9. The molecule has 44 heavy (non-hydrogen) atoms. The summed E-state index contributed by atoms with van der Waals surface area (Å²) < 4.78 is 39.9. The van der Waals surface area contributed by atoms with Crippen LogP contribution in [0.1, 0.15) is 47.8 Å². The highest BCUT2D eigenvalue weighted by atomic mass is 35.5. The monoisotopic (exact) mass is 641 g/mol. The average molecular weight is 642 g/mol. The molecule has 0 atom stereocenters. The second-order valence-corrected chi connectivity index (χ2v) is 11.7. The van der Waals surface area contributed by atoms with Crippen molar-refractivity contribution < 1.29 is 22.8 Å². The van der Waals surface area contributed by atoms with Crippen molar-refractivity contribution in [3.05, 3.63) is 94.2 Å². The van der Waals surface area contributed by atoms with Gasteiger partial charge in [-0.1, -0.05) is 61.5 Å². The summed E-state index contributed by atoms with van der Waals surface area (Å²) in [5, 5.41) is 7.17. The number of hydrogen-bond donors (Lipinski definition) is 1. The summed E-state index contributed by atoms with van der Waals surface area (Å²) in [6.07, 6.45) is -1.49. The molecule has 0 spiro atoms. The van der Waals surface area contributed by atoms with Crippen LogP contribution in [-0.4, -0.2) is 42.6 Å². The minimum Gasteiger partial charge on any atom is -0.306 e. The van der Waals surface area contributed by atoms with Gasteiger partial charge in [0.05, 0.1) is 22.0 Å². The van der Waals surface area contributed by atoms with Crippen molar-refractivity contribution in [1.29, 1.82) is 0 Å². The number of amides is 3. The van der Waals surface area contributed by atoms with Gasteiger partial charge in [0.25, 0.3) is 0 Å². The highest BCUT2D eigenvalue weighted by Gasteiger charge is 2.33. The Balaban J connectivity index is 1.21. The number of rotatable bonds is 7. The molecule has 2 aromatic heterocycles. The van der Waals surface area contributed by atoms with Crippen molar-refractivity contribution >= 4 is 51.8 Å². The molecule has 5 rings (SSSR count). The third-order valence-corrected chi connectivity index (χ3v) is 7.96. The van der Waals surface area contributed by atoms with Crippen LogP contribution in [-0.2, 0) is 23.8 Å². The van der Waals surface area contributed by atoms with Crippen LogP contribution >= 0.6 is 23.4 Å². The molecule has 1 N–H and O–H groups in total. The molecule has 0 aliphatic carbocycles. The Hall–Kier alpha value is -4.23.